The second kappa shape index (κ2) is 9.61. The minimum atomic E-state index is -4.48. The van der Waals surface area contributed by atoms with Gasteiger partial charge in [-0.05, 0) is 34.7 Å². The van der Waals surface area contributed by atoms with Crippen LogP contribution >= 0.6 is 0 Å². The summed E-state index contributed by atoms with van der Waals surface area (Å²) in [6, 6.07) is 9.14. The maximum Gasteiger partial charge on any atom is 0.409 e. The van der Waals surface area contributed by atoms with E-state index < -0.39 is 12.2 Å². The van der Waals surface area contributed by atoms with Crippen molar-refractivity contribution in [3.63, 3.8) is 0 Å². The van der Waals surface area contributed by atoms with Crippen molar-refractivity contribution in [1.82, 2.24) is 10.4 Å². The van der Waals surface area contributed by atoms with Gasteiger partial charge in [0.05, 0.1) is 0 Å². The molecule has 3 rings (SSSR count). The highest BCUT2D eigenvalue weighted by atomic mass is 19.4. The molecule has 1 N–H and O–H groups in total. The summed E-state index contributed by atoms with van der Waals surface area (Å²) in [7, 11) is 0. The van der Waals surface area contributed by atoms with Gasteiger partial charge in [-0.25, -0.2) is 5.01 Å². The van der Waals surface area contributed by atoms with Crippen LogP contribution in [-0.2, 0) is 11.2 Å². The predicted octanol–water partition coefficient (Wildman–Crippen LogP) is 6.08. The van der Waals surface area contributed by atoms with Crippen LogP contribution in [0.25, 0.3) is 10.8 Å². The lowest BCUT2D eigenvalue weighted by molar-refractivity contribution is -0.191. The van der Waals surface area contributed by atoms with Gasteiger partial charge in [-0.15, -0.1) is 0 Å². The molecule has 2 aromatic carbocycles. The Balaban J connectivity index is 1.93. The van der Waals surface area contributed by atoms with Gasteiger partial charge in [-0.2, -0.15) is 13.2 Å². The topological polar surface area (TPSA) is 32.3 Å². The largest absolute Gasteiger partial charge is 0.409 e. The molecular formula is C23H29F3N2O. The number of hydrogen-bond acceptors (Lipinski definition) is 2. The molecule has 0 bridgehead atoms. The number of alkyl halides is 3. The molecule has 1 heterocycles. The van der Waals surface area contributed by atoms with E-state index >= 15 is 0 Å². The third-order valence-corrected chi connectivity index (χ3v) is 5.62. The van der Waals surface area contributed by atoms with Gasteiger partial charge in [-0.1, -0.05) is 75.4 Å². The summed E-state index contributed by atoms with van der Waals surface area (Å²) in [5.41, 5.74) is 3.41. The number of unbranched alkanes of at least 4 members (excludes halogenated alkanes) is 5. The lowest BCUT2D eigenvalue weighted by Crippen LogP contribution is -2.44. The molecule has 0 radical (unpaired) electrons. The molecule has 3 nitrogen and oxygen atoms in total. The van der Waals surface area contributed by atoms with Crippen LogP contribution in [0.3, 0.4) is 0 Å². The average molecular weight is 406 g/mol. The van der Waals surface area contributed by atoms with E-state index in [9.17, 15) is 18.0 Å². The Morgan fingerprint density at radius 3 is 2.45 bits per heavy atom. The fourth-order valence-corrected chi connectivity index (χ4v) is 4.18. The van der Waals surface area contributed by atoms with E-state index in [1.807, 2.05) is 24.3 Å². The molecule has 1 amide bonds. The Morgan fingerprint density at radius 2 is 1.76 bits per heavy atom. The number of fused-ring (bicyclic) bond motifs is 1. The number of halogens is 3. The average Bonchev–Trinajstić information content (AvgIpc) is 3.10. The Hall–Kier alpha value is -2.08. The summed E-state index contributed by atoms with van der Waals surface area (Å²) in [4.78, 5) is 11.6. The standard InChI is InChI=1S/C23H29F3N2O/c1-2-3-4-5-6-7-12-19-18-11-9-8-10-17(18)13-14-20(19)22(23(24,25)26)28-16-15-21(29)27-28/h8-11,13-14,22H,2-7,12,15-16H2,1H3,(H,27,29). The highest BCUT2D eigenvalue weighted by Crippen LogP contribution is 2.41. The van der Waals surface area contributed by atoms with Crippen LogP contribution < -0.4 is 5.43 Å². The van der Waals surface area contributed by atoms with Crippen molar-refractivity contribution in [1.29, 1.82) is 0 Å². The number of hydrazine groups is 1. The van der Waals surface area contributed by atoms with Gasteiger partial charge in [0.1, 0.15) is 6.04 Å². The number of nitrogens with one attached hydrogen (secondary N) is 1. The van der Waals surface area contributed by atoms with Gasteiger partial charge in [0.2, 0.25) is 5.91 Å². The molecule has 0 aliphatic carbocycles. The second-order valence-corrected chi connectivity index (χ2v) is 7.79. The highest BCUT2D eigenvalue weighted by Gasteiger charge is 2.47. The zero-order valence-corrected chi connectivity index (χ0v) is 16.9. The maximum absolute atomic E-state index is 14.1. The summed E-state index contributed by atoms with van der Waals surface area (Å²) in [5.74, 6) is -0.363. The van der Waals surface area contributed by atoms with E-state index in [-0.39, 0.29) is 24.4 Å². The molecule has 0 spiro atoms. The van der Waals surface area contributed by atoms with Gasteiger partial charge >= 0.3 is 6.18 Å². The van der Waals surface area contributed by atoms with Crippen molar-refractivity contribution < 1.29 is 18.0 Å². The first-order valence-electron chi connectivity index (χ1n) is 10.5. The summed E-state index contributed by atoms with van der Waals surface area (Å²) in [5, 5.41) is 2.87. The molecule has 0 saturated carbocycles. The molecule has 6 heteroatoms. The smallest absolute Gasteiger partial charge is 0.288 e. The molecule has 1 saturated heterocycles. The fourth-order valence-electron chi connectivity index (χ4n) is 4.18. The number of hydrogen-bond donors (Lipinski definition) is 1. The van der Waals surface area contributed by atoms with E-state index in [0.29, 0.717) is 6.42 Å². The maximum atomic E-state index is 14.1. The Bertz CT molecular complexity index is 834. The van der Waals surface area contributed by atoms with Gasteiger partial charge in [0, 0.05) is 13.0 Å². The number of aryl methyl sites for hydroxylation is 1. The lowest BCUT2D eigenvalue weighted by atomic mass is 9.90. The Kier molecular flexibility index (Phi) is 7.17. The van der Waals surface area contributed by atoms with Crippen molar-refractivity contribution in [2.24, 2.45) is 0 Å². The van der Waals surface area contributed by atoms with Gasteiger partial charge in [0.15, 0.2) is 0 Å². The molecule has 2 aromatic rings. The van der Waals surface area contributed by atoms with Crippen molar-refractivity contribution in [2.45, 2.75) is 70.5 Å². The van der Waals surface area contributed by atoms with E-state index in [1.165, 1.54) is 19.3 Å². The monoisotopic (exact) mass is 406 g/mol. The quantitative estimate of drug-likeness (QED) is 0.512. The number of rotatable bonds is 9. The van der Waals surface area contributed by atoms with Gasteiger partial charge < -0.3 is 0 Å². The third-order valence-electron chi connectivity index (χ3n) is 5.62. The van der Waals surface area contributed by atoms with E-state index in [2.05, 4.69) is 12.3 Å². The summed E-state index contributed by atoms with van der Waals surface area (Å²) < 4.78 is 42.3. The highest BCUT2D eigenvalue weighted by molar-refractivity contribution is 5.87. The lowest BCUT2D eigenvalue weighted by Gasteiger charge is -2.31. The minimum Gasteiger partial charge on any atom is -0.288 e. The first kappa shape index (κ1) is 21.6. The Morgan fingerprint density at radius 1 is 1.03 bits per heavy atom. The Labute approximate surface area is 170 Å². The molecular weight excluding hydrogens is 377 g/mol. The molecule has 1 aliphatic rings. The molecule has 1 unspecified atom stereocenters. The van der Waals surface area contributed by atoms with E-state index in [1.54, 1.807) is 12.1 Å². The van der Waals surface area contributed by atoms with Gasteiger partial charge in [0.25, 0.3) is 0 Å². The fraction of sp³-hybridized carbons (Fsp3) is 0.522. The number of carbonyl (C=O) groups is 1. The first-order valence-corrected chi connectivity index (χ1v) is 10.5. The van der Waals surface area contributed by atoms with Crippen LogP contribution in [0.4, 0.5) is 13.2 Å². The number of amides is 1. The summed E-state index contributed by atoms with van der Waals surface area (Å²) in [6.07, 6.45) is 2.75. The number of carbonyl (C=O) groups excluding carboxylic acids is 1. The van der Waals surface area contributed by atoms with Crippen LogP contribution in [-0.4, -0.2) is 23.6 Å². The first-order chi connectivity index (χ1) is 13.9. The van der Waals surface area contributed by atoms with E-state index in [4.69, 9.17) is 0 Å². The molecule has 29 heavy (non-hydrogen) atoms. The summed E-state index contributed by atoms with van der Waals surface area (Å²) in [6.45, 7) is 2.23. The number of benzene rings is 2. The molecule has 0 aromatic heterocycles. The predicted molar refractivity (Wildman–Crippen MR) is 109 cm³/mol. The van der Waals surface area contributed by atoms with E-state index in [0.717, 1.165) is 40.6 Å². The molecule has 1 aliphatic heterocycles. The van der Waals surface area contributed by atoms with Gasteiger partial charge in [-0.3, -0.25) is 10.2 Å². The second-order valence-electron chi connectivity index (χ2n) is 7.79. The number of nitrogens with zero attached hydrogens (tertiary/aromatic N) is 1. The third kappa shape index (κ3) is 5.30. The van der Waals surface area contributed by atoms with Crippen LogP contribution in [0.15, 0.2) is 36.4 Å². The van der Waals surface area contributed by atoms with Crippen LogP contribution in [0.5, 0.6) is 0 Å². The normalized spacial score (nSPS) is 16.3. The van der Waals surface area contributed by atoms with Crippen LogP contribution in [0.2, 0.25) is 0 Å². The van der Waals surface area contributed by atoms with Crippen LogP contribution in [0.1, 0.15) is 69.0 Å². The van der Waals surface area contributed by atoms with Crippen molar-refractivity contribution in [3.05, 3.63) is 47.5 Å². The summed E-state index contributed by atoms with van der Waals surface area (Å²) >= 11 is 0. The SMILES string of the molecule is CCCCCCCCc1c(C(N2CCC(=O)N2)C(F)(F)F)ccc2ccccc12. The van der Waals surface area contributed by atoms with Crippen molar-refractivity contribution >= 4 is 16.7 Å². The van der Waals surface area contributed by atoms with Crippen molar-refractivity contribution in [2.75, 3.05) is 6.54 Å². The zero-order chi connectivity index (χ0) is 20.9. The minimum absolute atomic E-state index is 0.0618. The molecule has 1 atom stereocenters. The zero-order valence-electron chi connectivity index (χ0n) is 16.9. The molecule has 1 fully saturated rings. The van der Waals surface area contributed by atoms with Crippen molar-refractivity contribution in [3.8, 4) is 0 Å². The molecule has 158 valence electrons. The van der Waals surface area contributed by atoms with Crippen LogP contribution in [0, 0.1) is 0 Å².